The molecular weight excluding hydrogens is 247 g/mol. The molecule has 84 valence electrons. The monoisotopic (exact) mass is 262 g/mol. The van der Waals surface area contributed by atoms with Gasteiger partial charge in [0.1, 0.15) is 0 Å². The predicted octanol–water partition coefficient (Wildman–Crippen LogP) is 4.98. The summed E-state index contributed by atoms with van der Waals surface area (Å²) in [7, 11) is 0. The van der Waals surface area contributed by atoms with Crippen molar-refractivity contribution >= 4 is 35.0 Å². The van der Waals surface area contributed by atoms with Gasteiger partial charge in [-0.1, -0.05) is 30.2 Å². The molecule has 1 aromatic rings. The maximum Gasteiger partial charge on any atom is 0.0406 e. The van der Waals surface area contributed by atoms with Crippen LogP contribution in [0.15, 0.2) is 24.3 Å². The Hall–Kier alpha value is 0.150. The van der Waals surface area contributed by atoms with Gasteiger partial charge in [0.2, 0.25) is 0 Å². The number of hydrogen-bond acceptors (Lipinski definition) is 1. The number of hydrogen-bond donors (Lipinski definition) is 0. The van der Waals surface area contributed by atoms with Crippen molar-refractivity contribution < 1.29 is 0 Å². The molecule has 0 unspecified atom stereocenters. The highest BCUT2D eigenvalue weighted by molar-refractivity contribution is 7.98. The first-order chi connectivity index (χ1) is 7.33. The SMILES string of the molecule is ClCCCCCSCc1ccc(Cl)cc1. The van der Waals surface area contributed by atoms with Crippen molar-refractivity contribution in [3.05, 3.63) is 34.9 Å². The first-order valence-electron chi connectivity index (χ1n) is 5.21. The van der Waals surface area contributed by atoms with E-state index in [2.05, 4.69) is 12.1 Å². The lowest BCUT2D eigenvalue weighted by Gasteiger charge is -2.01. The first-order valence-corrected chi connectivity index (χ1v) is 7.28. The largest absolute Gasteiger partial charge is 0.157 e. The summed E-state index contributed by atoms with van der Waals surface area (Å²) in [6.07, 6.45) is 3.66. The van der Waals surface area contributed by atoms with Crippen LogP contribution in [0, 0.1) is 0 Å². The molecule has 1 aromatic carbocycles. The number of benzene rings is 1. The zero-order valence-electron chi connectivity index (χ0n) is 8.72. The fourth-order valence-corrected chi connectivity index (χ4v) is 2.54. The van der Waals surface area contributed by atoms with Crippen molar-refractivity contribution in [3.8, 4) is 0 Å². The van der Waals surface area contributed by atoms with Gasteiger partial charge in [0.05, 0.1) is 0 Å². The summed E-state index contributed by atoms with van der Waals surface area (Å²) in [4.78, 5) is 0. The molecule has 1 rings (SSSR count). The lowest BCUT2D eigenvalue weighted by molar-refractivity contribution is 0.783. The Balaban J connectivity index is 2.07. The van der Waals surface area contributed by atoms with Crippen LogP contribution in [0.25, 0.3) is 0 Å². The van der Waals surface area contributed by atoms with E-state index in [0.717, 1.165) is 23.1 Å². The Morgan fingerprint density at radius 2 is 1.73 bits per heavy atom. The first kappa shape index (κ1) is 13.2. The zero-order chi connectivity index (χ0) is 10.9. The predicted molar refractivity (Wildman–Crippen MR) is 72.2 cm³/mol. The lowest BCUT2D eigenvalue weighted by atomic mass is 10.2. The minimum absolute atomic E-state index is 0.794. The highest BCUT2D eigenvalue weighted by atomic mass is 35.5. The molecule has 0 amide bonds. The fourth-order valence-electron chi connectivity index (χ4n) is 1.25. The highest BCUT2D eigenvalue weighted by Gasteiger charge is 1.94. The van der Waals surface area contributed by atoms with Gasteiger partial charge in [-0.25, -0.2) is 0 Å². The van der Waals surface area contributed by atoms with Crippen LogP contribution in [0.3, 0.4) is 0 Å². The van der Waals surface area contributed by atoms with Crippen LogP contribution in [0.2, 0.25) is 5.02 Å². The summed E-state index contributed by atoms with van der Waals surface area (Å²) in [6, 6.07) is 8.08. The van der Waals surface area contributed by atoms with E-state index in [-0.39, 0.29) is 0 Å². The van der Waals surface area contributed by atoms with Crippen LogP contribution in [0.5, 0.6) is 0 Å². The van der Waals surface area contributed by atoms with Gasteiger partial charge < -0.3 is 0 Å². The maximum atomic E-state index is 5.81. The van der Waals surface area contributed by atoms with Crippen LogP contribution in [-0.4, -0.2) is 11.6 Å². The van der Waals surface area contributed by atoms with Crippen molar-refractivity contribution in [3.63, 3.8) is 0 Å². The second kappa shape index (κ2) is 8.32. The van der Waals surface area contributed by atoms with Gasteiger partial charge >= 0.3 is 0 Å². The third kappa shape index (κ3) is 6.34. The van der Waals surface area contributed by atoms with Gasteiger partial charge in [-0.3, -0.25) is 0 Å². The fraction of sp³-hybridized carbons (Fsp3) is 0.500. The van der Waals surface area contributed by atoms with E-state index in [1.165, 1.54) is 24.2 Å². The molecule has 0 atom stereocenters. The Kier molecular flexibility index (Phi) is 7.33. The minimum Gasteiger partial charge on any atom is -0.157 e. The van der Waals surface area contributed by atoms with Crippen molar-refractivity contribution in [2.24, 2.45) is 0 Å². The maximum absolute atomic E-state index is 5.81. The standard InChI is InChI=1S/C12H16Cl2S/c13-8-2-1-3-9-15-10-11-4-6-12(14)7-5-11/h4-7H,1-3,8-10H2. The number of thioether (sulfide) groups is 1. The van der Waals surface area contributed by atoms with Gasteiger partial charge in [-0.05, 0) is 36.3 Å². The molecular formula is C12H16Cl2S. The molecule has 0 heterocycles. The van der Waals surface area contributed by atoms with Crippen LogP contribution < -0.4 is 0 Å². The van der Waals surface area contributed by atoms with Crippen molar-refractivity contribution in [1.29, 1.82) is 0 Å². The van der Waals surface area contributed by atoms with Gasteiger partial charge in [0.15, 0.2) is 0 Å². The summed E-state index contributed by atoms with van der Waals surface area (Å²) in [6.45, 7) is 0. The van der Waals surface area contributed by atoms with E-state index in [1.807, 2.05) is 23.9 Å². The smallest absolute Gasteiger partial charge is 0.0406 e. The van der Waals surface area contributed by atoms with Gasteiger partial charge in [0, 0.05) is 16.7 Å². The summed E-state index contributed by atoms with van der Waals surface area (Å²) in [5.41, 5.74) is 1.35. The molecule has 0 radical (unpaired) electrons. The Morgan fingerprint density at radius 3 is 2.40 bits per heavy atom. The molecule has 3 heteroatoms. The summed E-state index contributed by atoms with van der Waals surface area (Å²) >= 11 is 13.4. The number of halogens is 2. The summed E-state index contributed by atoms with van der Waals surface area (Å²) < 4.78 is 0. The van der Waals surface area contributed by atoms with E-state index in [4.69, 9.17) is 23.2 Å². The molecule has 15 heavy (non-hydrogen) atoms. The third-order valence-corrected chi connectivity index (χ3v) is 3.74. The Bertz CT molecular complexity index is 259. The molecule has 0 aliphatic rings. The number of unbranched alkanes of at least 4 members (excludes halogenated alkanes) is 2. The molecule has 0 N–H and O–H groups in total. The summed E-state index contributed by atoms with van der Waals surface area (Å²) in [5.74, 6) is 3.10. The molecule has 0 nitrogen and oxygen atoms in total. The molecule has 0 aliphatic carbocycles. The van der Waals surface area contributed by atoms with E-state index in [1.54, 1.807) is 0 Å². The van der Waals surface area contributed by atoms with Gasteiger partial charge in [0.25, 0.3) is 0 Å². The van der Waals surface area contributed by atoms with Gasteiger partial charge in [-0.2, -0.15) is 11.8 Å². The number of rotatable bonds is 7. The Morgan fingerprint density at radius 1 is 1.00 bits per heavy atom. The third-order valence-electron chi connectivity index (χ3n) is 2.10. The topological polar surface area (TPSA) is 0 Å². The molecule has 0 aliphatic heterocycles. The van der Waals surface area contributed by atoms with Crippen LogP contribution in [0.4, 0.5) is 0 Å². The van der Waals surface area contributed by atoms with Crippen LogP contribution in [0.1, 0.15) is 24.8 Å². The molecule has 0 spiro atoms. The van der Waals surface area contributed by atoms with Crippen LogP contribution in [-0.2, 0) is 5.75 Å². The average molecular weight is 263 g/mol. The minimum atomic E-state index is 0.794. The molecule has 0 saturated carbocycles. The summed E-state index contributed by atoms with van der Waals surface area (Å²) in [5, 5.41) is 0.811. The average Bonchev–Trinajstić information content (AvgIpc) is 2.26. The van der Waals surface area contributed by atoms with Crippen LogP contribution >= 0.6 is 35.0 Å². The molecule has 0 bridgehead atoms. The second-order valence-corrected chi connectivity index (χ2v) is 5.35. The molecule has 0 saturated heterocycles. The molecule has 0 aromatic heterocycles. The highest BCUT2D eigenvalue weighted by Crippen LogP contribution is 2.16. The van der Waals surface area contributed by atoms with E-state index < -0.39 is 0 Å². The van der Waals surface area contributed by atoms with E-state index in [0.29, 0.717) is 0 Å². The van der Waals surface area contributed by atoms with Crippen molar-refractivity contribution in [1.82, 2.24) is 0 Å². The van der Waals surface area contributed by atoms with Gasteiger partial charge in [-0.15, -0.1) is 11.6 Å². The Labute approximate surface area is 106 Å². The van der Waals surface area contributed by atoms with E-state index in [9.17, 15) is 0 Å². The number of alkyl halides is 1. The van der Waals surface area contributed by atoms with Crippen molar-refractivity contribution in [2.45, 2.75) is 25.0 Å². The van der Waals surface area contributed by atoms with Crippen molar-refractivity contribution in [2.75, 3.05) is 11.6 Å². The zero-order valence-corrected chi connectivity index (χ0v) is 11.0. The van der Waals surface area contributed by atoms with E-state index >= 15 is 0 Å². The lowest BCUT2D eigenvalue weighted by Crippen LogP contribution is -1.85. The normalized spacial score (nSPS) is 10.5. The molecule has 0 fully saturated rings. The second-order valence-electron chi connectivity index (χ2n) is 3.43. The quantitative estimate of drug-likeness (QED) is 0.493.